The quantitative estimate of drug-likeness (QED) is 0.377. The van der Waals surface area contributed by atoms with Gasteiger partial charge in [-0.15, -0.1) is 23.5 Å². The number of amides is 3. The third-order valence-electron chi connectivity index (χ3n) is 5.68. The maximum Gasteiger partial charge on any atom is 0.290 e. The lowest BCUT2D eigenvalue weighted by atomic mass is 10.1. The summed E-state index contributed by atoms with van der Waals surface area (Å²) in [7, 11) is 1.92. The topological polar surface area (TPSA) is 125 Å². The molecular weight excluding hydrogens is 452 g/mol. The van der Waals surface area contributed by atoms with Crippen molar-refractivity contribution < 1.29 is 24.0 Å². The Bertz CT molecular complexity index is 742. The molecule has 0 aliphatic carbocycles. The molecular formula is C21H34N4O5S2. The van der Waals surface area contributed by atoms with E-state index in [1.807, 2.05) is 42.4 Å². The summed E-state index contributed by atoms with van der Waals surface area (Å²) in [6.07, 6.45) is 2.82. The highest BCUT2D eigenvalue weighted by molar-refractivity contribution is 8.18. The molecule has 3 atom stereocenters. The monoisotopic (exact) mass is 486 g/mol. The Hall–Kier alpha value is -1.59. The van der Waals surface area contributed by atoms with Crippen molar-refractivity contribution in [3.8, 4) is 0 Å². The second-order valence-corrected chi connectivity index (χ2v) is 11.6. The molecule has 0 aromatic carbocycles. The second-order valence-electron chi connectivity index (χ2n) is 8.39. The first-order valence-corrected chi connectivity index (χ1v) is 13.0. The summed E-state index contributed by atoms with van der Waals surface area (Å²) >= 11 is 3.81. The van der Waals surface area contributed by atoms with Crippen molar-refractivity contribution in [3.63, 3.8) is 0 Å². The number of carbonyl (C=O) groups excluding carboxylic acids is 5. The molecule has 32 heavy (non-hydrogen) atoms. The van der Waals surface area contributed by atoms with Crippen LogP contribution in [0.5, 0.6) is 0 Å². The Labute approximate surface area is 197 Å². The Balaban J connectivity index is 1.91. The van der Waals surface area contributed by atoms with Gasteiger partial charge in [0.05, 0.1) is 28.7 Å². The Morgan fingerprint density at radius 3 is 2.38 bits per heavy atom. The van der Waals surface area contributed by atoms with Gasteiger partial charge in [-0.2, -0.15) is 0 Å². The van der Waals surface area contributed by atoms with Gasteiger partial charge in [0.15, 0.2) is 5.78 Å². The molecule has 2 rings (SSSR count). The molecule has 0 bridgehead atoms. The summed E-state index contributed by atoms with van der Waals surface area (Å²) in [5.74, 6) is -0.548. The lowest BCUT2D eigenvalue weighted by molar-refractivity contribution is -0.141. The number of Topliss-reactive ketones (excluding diaryl/α,β-unsaturated/α-hetero) is 2. The Morgan fingerprint density at radius 1 is 1.12 bits per heavy atom. The average Bonchev–Trinajstić information content (AvgIpc) is 3.06. The molecule has 0 aromatic rings. The summed E-state index contributed by atoms with van der Waals surface area (Å²) in [5, 5.41) is 7.49. The number of rotatable bonds is 10. The predicted octanol–water partition coefficient (Wildman–Crippen LogP) is 0.321. The molecule has 0 saturated carbocycles. The van der Waals surface area contributed by atoms with Crippen LogP contribution in [0.25, 0.3) is 0 Å². The van der Waals surface area contributed by atoms with E-state index in [4.69, 9.17) is 0 Å². The number of nitrogens with one attached hydrogen (secondary N) is 3. The van der Waals surface area contributed by atoms with Gasteiger partial charge < -0.3 is 16.0 Å². The SMILES string of the molecule is CCCC(NC(=O)C1CC2(CN1C)SCCCS2)C(=O)C(=O)NCC(=O)N[C@@H](C)C(C)=O. The third-order valence-corrected chi connectivity index (χ3v) is 9.02. The zero-order valence-corrected chi connectivity index (χ0v) is 20.8. The van der Waals surface area contributed by atoms with Crippen LogP contribution in [0, 0.1) is 0 Å². The highest BCUT2D eigenvalue weighted by Crippen LogP contribution is 2.49. The highest BCUT2D eigenvalue weighted by Gasteiger charge is 2.47. The normalized spacial score (nSPS) is 22.1. The fourth-order valence-electron chi connectivity index (χ4n) is 3.75. The van der Waals surface area contributed by atoms with E-state index in [1.54, 1.807) is 0 Å². The van der Waals surface area contributed by atoms with Crippen LogP contribution >= 0.6 is 23.5 Å². The number of nitrogens with zero attached hydrogens (tertiary/aromatic N) is 1. The number of carbonyl (C=O) groups is 5. The van der Waals surface area contributed by atoms with Crippen molar-refractivity contribution >= 4 is 52.8 Å². The van der Waals surface area contributed by atoms with Crippen molar-refractivity contribution in [1.29, 1.82) is 0 Å². The second kappa shape index (κ2) is 12.0. The summed E-state index contributed by atoms with van der Waals surface area (Å²) in [6, 6.07) is -1.96. The van der Waals surface area contributed by atoms with Crippen LogP contribution in [0.2, 0.25) is 0 Å². The molecule has 0 aromatic heterocycles. The number of likely N-dealkylation sites (tertiary alicyclic amines) is 1. The number of thioether (sulfide) groups is 2. The number of hydrogen-bond acceptors (Lipinski definition) is 8. The molecule has 11 heteroatoms. The van der Waals surface area contributed by atoms with Crippen molar-refractivity contribution in [1.82, 2.24) is 20.9 Å². The maximum atomic E-state index is 13.0. The van der Waals surface area contributed by atoms with Crippen LogP contribution in [-0.2, 0) is 24.0 Å². The van der Waals surface area contributed by atoms with Crippen molar-refractivity contribution in [2.75, 3.05) is 31.6 Å². The largest absolute Gasteiger partial charge is 0.345 e. The molecule has 3 amide bonds. The lowest BCUT2D eigenvalue weighted by Gasteiger charge is -2.31. The van der Waals surface area contributed by atoms with E-state index in [1.165, 1.54) is 20.3 Å². The minimum atomic E-state index is -0.941. The smallest absolute Gasteiger partial charge is 0.290 e. The fraction of sp³-hybridized carbons (Fsp3) is 0.762. The summed E-state index contributed by atoms with van der Waals surface area (Å²) in [5.41, 5.74) is 0. The molecule has 0 radical (unpaired) electrons. The van der Waals surface area contributed by atoms with Gasteiger partial charge in [-0.1, -0.05) is 13.3 Å². The molecule has 2 aliphatic heterocycles. The first kappa shape index (κ1) is 26.7. The summed E-state index contributed by atoms with van der Waals surface area (Å²) in [6.45, 7) is 5.14. The number of ketones is 2. The average molecular weight is 487 g/mol. The van der Waals surface area contributed by atoms with Crippen molar-refractivity contribution in [2.45, 2.75) is 68.7 Å². The van der Waals surface area contributed by atoms with Crippen LogP contribution in [0.1, 0.15) is 46.5 Å². The molecule has 2 fully saturated rings. The molecule has 2 heterocycles. The molecule has 2 saturated heterocycles. The summed E-state index contributed by atoms with van der Waals surface area (Å²) in [4.78, 5) is 63.1. The van der Waals surface area contributed by atoms with E-state index < -0.39 is 36.2 Å². The third kappa shape index (κ3) is 7.21. The zero-order valence-electron chi connectivity index (χ0n) is 19.2. The summed E-state index contributed by atoms with van der Waals surface area (Å²) < 4.78 is 0.0149. The minimum absolute atomic E-state index is 0.0149. The van der Waals surface area contributed by atoms with Gasteiger partial charge in [-0.05, 0) is 51.7 Å². The van der Waals surface area contributed by atoms with Gasteiger partial charge in [-0.3, -0.25) is 28.9 Å². The van der Waals surface area contributed by atoms with Gasteiger partial charge in [0.1, 0.15) is 0 Å². The first-order chi connectivity index (χ1) is 15.1. The van der Waals surface area contributed by atoms with E-state index in [-0.39, 0.29) is 21.8 Å². The predicted molar refractivity (Wildman–Crippen MR) is 126 cm³/mol. The van der Waals surface area contributed by atoms with Crippen molar-refractivity contribution in [3.05, 3.63) is 0 Å². The van der Waals surface area contributed by atoms with Crippen LogP contribution in [0.4, 0.5) is 0 Å². The van der Waals surface area contributed by atoms with Gasteiger partial charge in [0.25, 0.3) is 5.91 Å². The molecule has 2 unspecified atom stereocenters. The molecule has 3 N–H and O–H groups in total. The van der Waals surface area contributed by atoms with Crippen LogP contribution < -0.4 is 16.0 Å². The Kier molecular flexibility index (Phi) is 10.0. The Morgan fingerprint density at radius 2 is 1.78 bits per heavy atom. The number of hydrogen-bond donors (Lipinski definition) is 3. The lowest BCUT2D eigenvalue weighted by Crippen LogP contribution is -2.53. The van der Waals surface area contributed by atoms with E-state index >= 15 is 0 Å². The van der Waals surface area contributed by atoms with Gasteiger partial charge >= 0.3 is 0 Å². The first-order valence-electron chi connectivity index (χ1n) is 11.0. The van der Waals surface area contributed by atoms with Crippen LogP contribution in [0.15, 0.2) is 0 Å². The standard InChI is InChI=1S/C21H34N4O5S2/c1-5-7-15(18(28)20(30)22-11-17(27)23-13(2)14(3)26)24-19(29)16-10-21(12-25(16)4)31-8-6-9-32-21/h13,15-16H,5-12H2,1-4H3,(H,22,30)(H,23,27)(H,24,29)/t13-,15?,16?/m0/s1. The van der Waals surface area contributed by atoms with E-state index in [0.717, 1.165) is 18.1 Å². The van der Waals surface area contributed by atoms with E-state index in [0.29, 0.717) is 19.3 Å². The van der Waals surface area contributed by atoms with Crippen LogP contribution in [-0.4, -0.2) is 88.0 Å². The van der Waals surface area contributed by atoms with E-state index in [9.17, 15) is 24.0 Å². The highest BCUT2D eigenvalue weighted by atomic mass is 32.2. The van der Waals surface area contributed by atoms with Gasteiger partial charge in [0, 0.05) is 6.54 Å². The fourth-order valence-corrected chi connectivity index (χ4v) is 7.23. The molecule has 2 aliphatic rings. The molecule has 180 valence electrons. The van der Waals surface area contributed by atoms with Crippen LogP contribution in [0.3, 0.4) is 0 Å². The zero-order chi connectivity index (χ0) is 23.9. The van der Waals surface area contributed by atoms with Gasteiger partial charge in [-0.25, -0.2) is 0 Å². The van der Waals surface area contributed by atoms with Crippen molar-refractivity contribution in [2.24, 2.45) is 0 Å². The van der Waals surface area contributed by atoms with Gasteiger partial charge in [0.2, 0.25) is 17.6 Å². The van der Waals surface area contributed by atoms with E-state index in [2.05, 4.69) is 16.0 Å². The maximum absolute atomic E-state index is 13.0. The molecule has 9 nitrogen and oxygen atoms in total. The minimum Gasteiger partial charge on any atom is -0.345 e. The molecule has 1 spiro atoms. The number of likely N-dealkylation sites (N-methyl/N-ethyl adjacent to an activating group) is 1.